The van der Waals surface area contributed by atoms with Crippen LogP contribution >= 0.6 is 0 Å². The van der Waals surface area contributed by atoms with Gasteiger partial charge in [0.15, 0.2) is 0 Å². The summed E-state index contributed by atoms with van der Waals surface area (Å²) >= 11 is 0. The van der Waals surface area contributed by atoms with Crippen molar-refractivity contribution in [2.45, 2.75) is 118 Å². The first-order chi connectivity index (χ1) is 19.8. The van der Waals surface area contributed by atoms with Crippen molar-refractivity contribution >= 4 is 17.7 Å². The maximum Gasteiger partial charge on any atom is 0.410 e. The number of benzene rings is 1. The molecule has 2 aromatic rings. The number of carbonyl (C=O) groups excluding carboxylic acids is 2. The van der Waals surface area contributed by atoms with Crippen LogP contribution in [0.1, 0.15) is 101 Å². The minimum atomic E-state index is -0.515. The molecule has 1 amide bonds. The number of pyridine rings is 1. The van der Waals surface area contributed by atoms with Crippen LogP contribution in [0.2, 0.25) is 0 Å². The number of aromatic nitrogens is 1. The first-order valence-corrected chi connectivity index (χ1v) is 15.9. The largest absolute Gasteiger partial charge is 0.463 e. The van der Waals surface area contributed by atoms with Crippen molar-refractivity contribution < 1.29 is 19.1 Å². The lowest BCUT2D eigenvalue weighted by Crippen LogP contribution is -2.40. The second-order valence-electron chi connectivity index (χ2n) is 14.0. The summed E-state index contributed by atoms with van der Waals surface area (Å²) in [5.74, 6) is -0.206. The molecule has 228 valence electrons. The molecule has 1 saturated heterocycles. The van der Waals surface area contributed by atoms with E-state index in [9.17, 15) is 9.59 Å². The molecule has 0 atom stereocenters. The first-order valence-electron chi connectivity index (χ1n) is 15.9. The predicted molar refractivity (Wildman–Crippen MR) is 167 cm³/mol. The third-order valence-electron chi connectivity index (χ3n) is 9.31. The van der Waals surface area contributed by atoms with Crippen molar-refractivity contribution in [1.29, 1.82) is 0 Å². The van der Waals surface area contributed by atoms with Crippen LogP contribution < -0.4 is 4.90 Å². The van der Waals surface area contributed by atoms with E-state index < -0.39 is 5.60 Å². The molecular weight excluding hydrogens is 526 g/mol. The molecule has 1 spiro atoms. The summed E-state index contributed by atoms with van der Waals surface area (Å²) in [6.45, 7) is 16.8. The van der Waals surface area contributed by atoms with Gasteiger partial charge in [-0.1, -0.05) is 31.0 Å². The molecule has 42 heavy (non-hydrogen) atoms. The fourth-order valence-corrected chi connectivity index (χ4v) is 7.24. The predicted octanol–water partition coefficient (Wildman–Crippen LogP) is 7.31. The molecule has 3 aliphatic rings. The average molecular weight is 576 g/mol. The van der Waals surface area contributed by atoms with E-state index in [-0.39, 0.29) is 24.6 Å². The van der Waals surface area contributed by atoms with Gasteiger partial charge in [0.05, 0.1) is 18.2 Å². The molecular formula is C35H49N3O4. The van der Waals surface area contributed by atoms with Crippen molar-refractivity contribution in [1.82, 2.24) is 9.88 Å². The van der Waals surface area contributed by atoms with E-state index >= 15 is 0 Å². The van der Waals surface area contributed by atoms with Crippen molar-refractivity contribution in [3.05, 3.63) is 46.3 Å². The quantitative estimate of drug-likeness (QED) is 0.348. The SMILES string of the molecule is Cc1nc(C)c(-c2ccc3c(c2)CCN(C(=O)OC(C)(C)C)C3)c(N2CCC3(CCCC3)CC2)c1CC(=O)OC(C)C. The summed E-state index contributed by atoms with van der Waals surface area (Å²) in [5.41, 5.74) is 8.65. The fourth-order valence-electron chi connectivity index (χ4n) is 7.24. The van der Waals surface area contributed by atoms with Crippen LogP contribution in [0.25, 0.3) is 11.1 Å². The average Bonchev–Trinajstić information content (AvgIpc) is 3.36. The monoisotopic (exact) mass is 575 g/mol. The molecule has 1 aromatic carbocycles. The van der Waals surface area contributed by atoms with Crippen molar-refractivity contribution in [2.75, 3.05) is 24.5 Å². The molecule has 7 heteroatoms. The van der Waals surface area contributed by atoms with Crippen molar-refractivity contribution in [3.63, 3.8) is 0 Å². The van der Waals surface area contributed by atoms with Crippen LogP contribution in [0.3, 0.4) is 0 Å². The third-order valence-corrected chi connectivity index (χ3v) is 9.31. The third kappa shape index (κ3) is 6.60. The Morgan fingerprint density at radius 1 is 0.976 bits per heavy atom. The van der Waals surface area contributed by atoms with Gasteiger partial charge < -0.3 is 19.3 Å². The smallest absolute Gasteiger partial charge is 0.410 e. The van der Waals surface area contributed by atoms with E-state index in [1.54, 1.807) is 4.90 Å². The van der Waals surface area contributed by atoms with E-state index in [1.165, 1.54) is 44.1 Å². The van der Waals surface area contributed by atoms with Gasteiger partial charge in [0.1, 0.15) is 5.60 Å². The Hall–Kier alpha value is -3.09. The number of hydrogen-bond donors (Lipinski definition) is 0. The number of nitrogens with zero attached hydrogens (tertiary/aromatic N) is 3. The number of esters is 1. The van der Waals surface area contributed by atoms with Crippen LogP contribution in [0.5, 0.6) is 0 Å². The lowest BCUT2D eigenvalue weighted by molar-refractivity contribution is -0.146. The van der Waals surface area contributed by atoms with E-state index in [4.69, 9.17) is 14.5 Å². The lowest BCUT2D eigenvalue weighted by atomic mass is 9.76. The van der Waals surface area contributed by atoms with Crippen LogP contribution in [-0.2, 0) is 33.7 Å². The Balaban J connectivity index is 1.51. The number of hydrogen-bond acceptors (Lipinski definition) is 6. The molecule has 0 radical (unpaired) electrons. The van der Waals surface area contributed by atoms with Crippen molar-refractivity contribution in [3.8, 4) is 11.1 Å². The summed E-state index contributed by atoms with van der Waals surface area (Å²) in [6.07, 6.45) is 8.38. The van der Waals surface area contributed by atoms with Gasteiger partial charge in [0, 0.05) is 48.7 Å². The zero-order valence-corrected chi connectivity index (χ0v) is 26.8. The number of aryl methyl sites for hydroxylation is 2. The van der Waals surface area contributed by atoms with Gasteiger partial charge in [-0.15, -0.1) is 0 Å². The highest BCUT2D eigenvalue weighted by atomic mass is 16.6. The number of fused-ring (bicyclic) bond motifs is 1. The fraction of sp³-hybridized carbons (Fsp3) is 0.629. The number of rotatable bonds is 5. The second kappa shape index (κ2) is 11.9. The summed E-state index contributed by atoms with van der Waals surface area (Å²) in [6, 6.07) is 6.60. The molecule has 1 saturated carbocycles. The minimum absolute atomic E-state index is 0.155. The van der Waals surface area contributed by atoms with E-state index in [0.29, 0.717) is 18.5 Å². The Morgan fingerprint density at radius 3 is 2.31 bits per heavy atom. The highest BCUT2D eigenvalue weighted by Gasteiger charge is 2.38. The molecule has 7 nitrogen and oxygen atoms in total. The highest BCUT2D eigenvalue weighted by Crippen LogP contribution is 2.48. The Morgan fingerprint density at radius 2 is 1.67 bits per heavy atom. The normalized spacial score (nSPS) is 18.4. The molecule has 0 unspecified atom stereocenters. The van der Waals surface area contributed by atoms with Gasteiger partial charge in [-0.2, -0.15) is 0 Å². The molecule has 2 fully saturated rings. The van der Waals surface area contributed by atoms with Crippen LogP contribution in [-0.4, -0.2) is 53.3 Å². The molecule has 0 bridgehead atoms. The number of anilines is 1. The summed E-state index contributed by atoms with van der Waals surface area (Å²) in [5, 5.41) is 0. The summed E-state index contributed by atoms with van der Waals surface area (Å²) < 4.78 is 11.2. The van der Waals surface area contributed by atoms with Crippen LogP contribution in [0.15, 0.2) is 18.2 Å². The van der Waals surface area contributed by atoms with E-state index in [2.05, 4.69) is 30.0 Å². The van der Waals surface area contributed by atoms with E-state index in [0.717, 1.165) is 58.8 Å². The molecule has 2 aliphatic heterocycles. The maximum atomic E-state index is 13.0. The van der Waals surface area contributed by atoms with Crippen LogP contribution in [0.4, 0.5) is 10.5 Å². The Bertz CT molecular complexity index is 1330. The Kier molecular flexibility index (Phi) is 8.60. The summed E-state index contributed by atoms with van der Waals surface area (Å²) in [4.78, 5) is 35.1. The van der Waals surface area contributed by atoms with Crippen molar-refractivity contribution in [2.24, 2.45) is 5.41 Å². The summed E-state index contributed by atoms with van der Waals surface area (Å²) in [7, 11) is 0. The molecule has 3 heterocycles. The zero-order valence-electron chi connectivity index (χ0n) is 26.8. The number of carbonyl (C=O) groups is 2. The minimum Gasteiger partial charge on any atom is -0.463 e. The molecule has 5 rings (SSSR count). The van der Waals surface area contributed by atoms with Gasteiger partial charge in [-0.25, -0.2) is 4.79 Å². The number of ether oxygens (including phenoxy) is 2. The second-order valence-corrected chi connectivity index (χ2v) is 14.0. The van der Waals surface area contributed by atoms with Crippen LogP contribution in [0, 0.1) is 19.3 Å². The highest BCUT2D eigenvalue weighted by molar-refractivity contribution is 5.87. The molecule has 0 N–H and O–H groups in total. The molecule has 1 aromatic heterocycles. The van der Waals surface area contributed by atoms with E-state index in [1.807, 2.05) is 41.5 Å². The van der Waals surface area contributed by atoms with Gasteiger partial charge in [0.2, 0.25) is 0 Å². The van der Waals surface area contributed by atoms with Gasteiger partial charge in [-0.3, -0.25) is 9.78 Å². The first kappa shape index (κ1) is 30.4. The number of amides is 1. The Labute approximate surface area is 252 Å². The number of piperidine rings is 1. The maximum absolute atomic E-state index is 13.0. The lowest BCUT2D eigenvalue weighted by Gasteiger charge is -2.42. The van der Waals surface area contributed by atoms with Gasteiger partial charge in [-0.05, 0) is 103 Å². The van der Waals surface area contributed by atoms with Gasteiger partial charge in [0.25, 0.3) is 0 Å². The topological polar surface area (TPSA) is 72.0 Å². The van der Waals surface area contributed by atoms with Gasteiger partial charge >= 0.3 is 12.1 Å². The standard InChI is InChI=1S/C35H49N3O4/c1-23(2)41-30(39)21-29-24(3)36-25(4)31(32(29)37-18-15-35(16-19-37)13-8-9-14-35)27-10-11-28-22-38(17-12-26(28)20-27)33(40)42-34(5,6)7/h10-11,20,23H,8-9,12-19,21-22H2,1-7H3. The molecule has 1 aliphatic carbocycles. The zero-order chi connectivity index (χ0) is 30.2.